The summed E-state index contributed by atoms with van der Waals surface area (Å²) in [6, 6.07) is 37.9. The molecule has 1 heteroatoms. The van der Waals surface area contributed by atoms with E-state index in [-0.39, 0.29) is 0 Å². The van der Waals surface area contributed by atoms with E-state index in [1.165, 1.54) is 22.3 Å². The Hall–Kier alpha value is -3.84. The second-order valence-corrected chi connectivity index (χ2v) is 7.77. The number of rotatable bonds is 6. The lowest BCUT2D eigenvalue weighted by Gasteiger charge is -2.09. The minimum Gasteiger partial charge on any atom is -0.398 e. The Morgan fingerprint density at radius 1 is 0.677 bits per heavy atom. The van der Waals surface area contributed by atoms with Crippen LogP contribution in [-0.4, -0.2) is 0 Å². The fourth-order valence-electron chi connectivity index (χ4n) is 3.69. The fourth-order valence-corrected chi connectivity index (χ4v) is 3.69. The molecule has 0 unspecified atom stereocenters. The van der Waals surface area contributed by atoms with E-state index in [4.69, 9.17) is 5.73 Å². The molecule has 0 saturated carbocycles. The van der Waals surface area contributed by atoms with Crippen molar-refractivity contribution < 1.29 is 0 Å². The molecule has 31 heavy (non-hydrogen) atoms. The van der Waals surface area contributed by atoms with E-state index in [0.29, 0.717) is 0 Å². The van der Waals surface area contributed by atoms with Gasteiger partial charge < -0.3 is 5.73 Å². The third kappa shape index (κ3) is 5.40. The van der Waals surface area contributed by atoms with Crippen LogP contribution in [0.4, 0.5) is 0 Å². The van der Waals surface area contributed by atoms with Crippen LogP contribution < -0.4 is 5.73 Å². The van der Waals surface area contributed by atoms with Crippen LogP contribution in [0.2, 0.25) is 0 Å². The molecule has 0 saturated heterocycles. The average molecular weight is 402 g/mol. The second kappa shape index (κ2) is 9.77. The zero-order chi connectivity index (χ0) is 21.5. The Labute approximate surface area is 185 Å². The van der Waals surface area contributed by atoms with Crippen LogP contribution in [0.1, 0.15) is 22.3 Å². The maximum absolute atomic E-state index is 6.60. The molecule has 0 aliphatic carbocycles. The summed E-state index contributed by atoms with van der Waals surface area (Å²) in [5.74, 6) is 0. The van der Waals surface area contributed by atoms with Gasteiger partial charge in [0.2, 0.25) is 0 Å². The summed E-state index contributed by atoms with van der Waals surface area (Å²) < 4.78 is 0. The summed E-state index contributed by atoms with van der Waals surface area (Å²) in [5.41, 5.74) is 15.6. The van der Waals surface area contributed by atoms with Gasteiger partial charge in [0.15, 0.2) is 0 Å². The minimum absolute atomic E-state index is 0.762. The second-order valence-electron chi connectivity index (χ2n) is 7.77. The Morgan fingerprint density at radius 3 is 2.00 bits per heavy atom. The van der Waals surface area contributed by atoms with Gasteiger partial charge in [-0.2, -0.15) is 0 Å². The first-order valence-electron chi connectivity index (χ1n) is 10.6. The van der Waals surface area contributed by atoms with Crippen molar-refractivity contribution in [2.45, 2.75) is 13.3 Å². The molecule has 1 nitrogen and oxygen atoms in total. The molecule has 0 aliphatic heterocycles. The smallest absolute Gasteiger partial charge is 0.0393 e. The molecule has 4 rings (SSSR count). The van der Waals surface area contributed by atoms with Crippen molar-refractivity contribution in [3.63, 3.8) is 0 Å². The van der Waals surface area contributed by atoms with Crippen LogP contribution in [0.5, 0.6) is 0 Å². The SMILES string of the molecule is Cc1cccc(-c2cccc(/C(N)=C/C(=C\Cc3ccccc3)c3ccccc3)c2)c1. The molecule has 0 spiro atoms. The standard InChI is InChI=1S/C30H27N/c1-23-10-8-15-26(20-23)27-16-9-17-29(21-27)30(31)22-28(25-13-6-3-7-14-25)19-18-24-11-4-2-5-12-24/h2-17,19-22H,18,31H2,1H3/b28-19+,30-22-. The van der Waals surface area contributed by atoms with Crippen LogP contribution in [0, 0.1) is 6.92 Å². The lowest BCUT2D eigenvalue weighted by atomic mass is 9.98. The van der Waals surface area contributed by atoms with Crippen molar-refractivity contribution in [3.8, 4) is 11.1 Å². The van der Waals surface area contributed by atoms with E-state index in [9.17, 15) is 0 Å². The van der Waals surface area contributed by atoms with Gasteiger partial charge in [-0.1, -0.05) is 115 Å². The molecule has 0 radical (unpaired) electrons. The van der Waals surface area contributed by atoms with Crippen LogP contribution in [-0.2, 0) is 6.42 Å². The summed E-state index contributed by atoms with van der Waals surface area (Å²) in [6.45, 7) is 2.12. The Morgan fingerprint density at radius 2 is 1.29 bits per heavy atom. The van der Waals surface area contributed by atoms with Crippen molar-refractivity contribution in [1.29, 1.82) is 0 Å². The maximum Gasteiger partial charge on any atom is 0.0393 e. The quantitative estimate of drug-likeness (QED) is 0.337. The van der Waals surface area contributed by atoms with E-state index in [1.54, 1.807) is 0 Å². The zero-order valence-electron chi connectivity index (χ0n) is 17.8. The summed E-state index contributed by atoms with van der Waals surface area (Å²) in [7, 11) is 0. The first-order valence-corrected chi connectivity index (χ1v) is 10.6. The van der Waals surface area contributed by atoms with E-state index < -0.39 is 0 Å². The number of hydrogen-bond acceptors (Lipinski definition) is 1. The molecule has 4 aromatic carbocycles. The molecule has 2 N–H and O–H groups in total. The lowest BCUT2D eigenvalue weighted by molar-refractivity contribution is 1.27. The predicted octanol–water partition coefficient (Wildman–Crippen LogP) is 7.29. The number of benzene rings is 4. The topological polar surface area (TPSA) is 26.0 Å². The number of nitrogens with two attached hydrogens (primary N) is 1. The molecule has 0 bridgehead atoms. The summed E-state index contributed by atoms with van der Waals surface area (Å²) in [4.78, 5) is 0. The summed E-state index contributed by atoms with van der Waals surface area (Å²) in [5, 5.41) is 0. The van der Waals surface area contributed by atoms with Crippen molar-refractivity contribution in [2.24, 2.45) is 5.73 Å². The van der Waals surface area contributed by atoms with Crippen LogP contribution in [0.15, 0.2) is 121 Å². The molecule has 0 aromatic heterocycles. The van der Waals surface area contributed by atoms with Gasteiger partial charge in [-0.3, -0.25) is 0 Å². The van der Waals surface area contributed by atoms with E-state index in [0.717, 1.165) is 28.8 Å². The molecule has 0 heterocycles. The first-order chi connectivity index (χ1) is 15.2. The molecular weight excluding hydrogens is 374 g/mol. The molecule has 0 amide bonds. The van der Waals surface area contributed by atoms with Crippen LogP contribution in [0.25, 0.3) is 22.4 Å². The largest absolute Gasteiger partial charge is 0.398 e. The summed E-state index contributed by atoms with van der Waals surface area (Å²) in [6.07, 6.45) is 5.20. The highest BCUT2D eigenvalue weighted by molar-refractivity contribution is 5.84. The van der Waals surface area contributed by atoms with Crippen molar-refractivity contribution >= 4 is 11.3 Å². The number of hydrogen-bond donors (Lipinski definition) is 1. The van der Waals surface area contributed by atoms with Crippen LogP contribution >= 0.6 is 0 Å². The van der Waals surface area contributed by atoms with Crippen molar-refractivity contribution in [2.75, 3.05) is 0 Å². The van der Waals surface area contributed by atoms with Gasteiger partial charge in [-0.15, -0.1) is 0 Å². The van der Waals surface area contributed by atoms with Gasteiger partial charge >= 0.3 is 0 Å². The third-order valence-electron chi connectivity index (χ3n) is 5.37. The van der Waals surface area contributed by atoms with E-state index in [2.05, 4.69) is 116 Å². The Bertz CT molecular complexity index is 1200. The van der Waals surface area contributed by atoms with Crippen LogP contribution in [0.3, 0.4) is 0 Å². The normalized spacial score (nSPS) is 12.0. The van der Waals surface area contributed by atoms with Gasteiger partial charge in [0.1, 0.15) is 0 Å². The van der Waals surface area contributed by atoms with Crippen molar-refractivity contribution in [1.82, 2.24) is 0 Å². The highest BCUT2D eigenvalue weighted by atomic mass is 14.6. The third-order valence-corrected chi connectivity index (χ3v) is 5.37. The van der Waals surface area contributed by atoms with E-state index in [1.807, 2.05) is 12.1 Å². The highest BCUT2D eigenvalue weighted by Gasteiger charge is 2.05. The molecule has 0 aliphatic rings. The Balaban J connectivity index is 1.68. The van der Waals surface area contributed by atoms with Gasteiger partial charge in [0, 0.05) is 5.70 Å². The lowest BCUT2D eigenvalue weighted by Crippen LogP contribution is -1.98. The zero-order valence-corrected chi connectivity index (χ0v) is 17.8. The first kappa shape index (κ1) is 20.4. The number of aryl methyl sites for hydroxylation is 1. The molecule has 0 atom stereocenters. The maximum atomic E-state index is 6.60. The monoisotopic (exact) mass is 401 g/mol. The predicted molar refractivity (Wildman–Crippen MR) is 133 cm³/mol. The van der Waals surface area contributed by atoms with Gasteiger partial charge in [0.25, 0.3) is 0 Å². The van der Waals surface area contributed by atoms with Gasteiger partial charge in [0.05, 0.1) is 0 Å². The van der Waals surface area contributed by atoms with Crippen molar-refractivity contribution in [3.05, 3.63) is 144 Å². The fraction of sp³-hybridized carbons (Fsp3) is 0.0667. The average Bonchev–Trinajstić information content (AvgIpc) is 2.83. The minimum atomic E-state index is 0.762. The molecule has 4 aromatic rings. The Kier molecular flexibility index (Phi) is 6.44. The molecule has 0 fully saturated rings. The summed E-state index contributed by atoms with van der Waals surface area (Å²) >= 11 is 0. The number of allylic oxidation sites excluding steroid dienone is 3. The molecule has 152 valence electrons. The van der Waals surface area contributed by atoms with Gasteiger partial charge in [-0.05, 0) is 58.9 Å². The highest BCUT2D eigenvalue weighted by Crippen LogP contribution is 2.25. The van der Waals surface area contributed by atoms with Gasteiger partial charge in [-0.25, -0.2) is 0 Å². The molecular formula is C30H27N. The van der Waals surface area contributed by atoms with E-state index >= 15 is 0 Å².